The summed E-state index contributed by atoms with van der Waals surface area (Å²) < 4.78 is 0. The Labute approximate surface area is 119 Å². The zero-order valence-corrected chi connectivity index (χ0v) is 12.1. The summed E-state index contributed by atoms with van der Waals surface area (Å²) in [4.78, 5) is 16.3. The third kappa shape index (κ3) is 3.69. The first-order valence-corrected chi connectivity index (χ1v) is 7.51. The van der Waals surface area contributed by atoms with E-state index in [1.807, 2.05) is 13.0 Å². The molecule has 0 radical (unpaired) electrons. The summed E-state index contributed by atoms with van der Waals surface area (Å²) in [5, 5.41) is 3.04. The molecule has 104 valence electrons. The van der Waals surface area contributed by atoms with Gasteiger partial charge in [0.25, 0.3) is 5.91 Å². The monoisotopic (exact) mass is 280 g/mol. The first-order valence-electron chi connectivity index (χ1n) is 6.98. The Morgan fingerprint density at radius 1 is 1.42 bits per heavy atom. The Balaban J connectivity index is 1.91. The maximum atomic E-state index is 12.1. The number of carbonyl (C=O) groups excluding carboxylic acids is 1. The molecule has 1 aromatic rings. The van der Waals surface area contributed by atoms with E-state index >= 15 is 0 Å². The average molecular weight is 281 g/mol. The van der Waals surface area contributed by atoms with Crippen LogP contribution in [-0.4, -0.2) is 23.3 Å². The molecule has 1 heterocycles. The van der Waals surface area contributed by atoms with Crippen molar-refractivity contribution in [1.29, 1.82) is 0 Å². The number of rotatable bonds is 4. The Bertz CT molecular complexity index is 436. The summed E-state index contributed by atoms with van der Waals surface area (Å²) in [6.07, 6.45) is 6.58. The average Bonchev–Trinajstić information content (AvgIpc) is 2.45. The van der Waals surface area contributed by atoms with Crippen LogP contribution in [-0.2, 0) is 0 Å². The minimum absolute atomic E-state index is 0.0236. The van der Waals surface area contributed by atoms with Crippen molar-refractivity contribution in [3.63, 3.8) is 0 Å². The lowest BCUT2D eigenvalue weighted by Crippen LogP contribution is -2.35. The molecule has 1 aliphatic carbocycles. The maximum Gasteiger partial charge on any atom is 0.253 e. The van der Waals surface area contributed by atoms with Crippen LogP contribution in [0, 0.1) is 18.8 Å². The second-order valence-corrected chi connectivity index (χ2v) is 5.61. The van der Waals surface area contributed by atoms with Gasteiger partial charge in [-0.25, -0.2) is 0 Å². The van der Waals surface area contributed by atoms with E-state index < -0.39 is 0 Å². The molecule has 0 spiro atoms. The first-order chi connectivity index (χ1) is 9.22. The summed E-state index contributed by atoms with van der Waals surface area (Å²) in [5.41, 5.74) is 1.44. The molecule has 1 N–H and O–H groups in total. The number of nitrogens with one attached hydrogen (secondary N) is 1. The number of amides is 1. The minimum Gasteiger partial charge on any atom is -0.352 e. The van der Waals surface area contributed by atoms with E-state index in [1.54, 1.807) is 12.3 Å². The lowest BCUT2D eigenvalue weighted by atomic mass is 9.80. The molecule has 19 heavy (non-hydrogen) atoms. The molecule has 1 saturated carbocycles. The molecule has 1 aliphatic rings. The van der Waals surface area contributed by atoms with Gasteiger partial charge in [-0.15, -0.1) is 11.6 Å². The molecule has 1 aromatic heterocycles. The summed E-state index contributed by atoms with van der Waals surface area (Å²) in [5.74, 6) is 1.74. The number of carbonyl (C=O) groups is 1. The molecular formula is C15H21ClN2O. The van der Waals surface area contributed by atoms with Gasteiger partial charge in [-0.2, -0.15) is 0 Å². The Morgan fingerprint density at radius 3 is 2.84 bits per heavy atom. The fourth-order valence-corrected chi connectivity index (χ4v) is 3.21. The molecule has 1 fully saturated rings. The molecule has 1 amide bonds. The van der Waals surface area contributed by atoms with Crippen molar-refractivity contribution in [3.8, 4) is 0 Å². The van der Waals surface area contributed by atoms with Gasteiger partial charge >= 0.3 is 0 Å². The van der Waals surface area contributed by atoms with Crippen LogP contribution in [0.1, 0.15) is 41.7 Å². The fourth-order valence-electron chi connectivity index (χ4n) is 2.80. The van der Waals surface area contributed by atoms with Crippen molar-refractivity contribution < 1.29 is 4.79 Å². The van der Waals surface area contributed by atoms with Crippen molar-refractivity contribution in [1.82, 2.24) is 10.3 Å². The number of aromatic nitrogens is 1. The molecule has 0 aromatic carbocycles. The van der Waals surface area contributed by atoms with Gasteiger partial charge in [0.2, 0.25) is 0 Å². The standard InChI is InChI=1S/C15H21ClN2O/c1-11-14(7-4-8-17-11)15(19)18-10-13-6-3-2-5-12(13)9-16/h4,7-8,12-13H,2-3,5-6,9-10H2,1H3,(H,18,19). The smallest absolute Gasteiger partial charge is 0.253 e. The number of hydrogen-bond acceptors (Lipinski definition) is 2. The zero-order chi connectivity index (χ0) is 13.7. The van der Waals surface area contributed by atoms with E-state index in [1.165, 1.54) is 25.7 Å². The second kappa shape index (κ2) is 6.90. The van der Waals surface area contributed by atoms with Gasteiger partial charge in [0, 0.05) is 24.3 Å². The molecule has 2 unspecified atom stereocenters. The number of pyridine rings is 1. The predicted octanol–water partition coefficient (Wildman–Crippen LogP) is 3.17. The van der Waals surface area contributed by atoms with Crippen LogP contribution in [0.25, 0.3) is 0 Å². The summed E-state index contributed by atoms with van der Waals surface area (Å²) in [7, 11) is 0. The summed E-state index contributed by atoms with van der Waals surface area (Å²) in [6.45, 7) is 2.58. The van der Waals surface area contributed by atoms with Crippen molar-refractivity contribution in [2.24, 2.45) is 11.8 Å². The van der Waals surface area contributed by atoms with E-state index in [2.05, 4.69) is 10.3 Å². The summed E-state index contributed by atoms with van der Waals surface area (Å²) >= 11 is 6.01. The van der Waals surface area contributed by atoms with Crippen LogP contribution in [0.2, 0.25) is 0 Å². The van der Waals surface area contributed by atoms with Crippen molar-refractivity contribution >= 4 is 17.5 Å². The SMILES string of the molecule is Cc1ncccc1C(=O)NCC1CCCCC1CCl. The Hall–Kier alpha value is -1.09. The molecule has 2 atom stereocenters. The van der Waals surface area contributed by atoms with E-state index in [9.17, 15) is 4.79 Å². The summed E-state index contributed by atoms with van der Waals surface area (Å²) in [6, 6.07) is 3.61. The second-order valence-electron chi connectivity index (χ2n) is 5.31. The van der Waals surface area contributed by atoms with Crippen LogP contribution >= 0.6 is 11.6 Å². The molecule has 0 bridgehead atoms. The van der Waals surface area contributed by atoms with Gasteiger partial charge in [0.1, 0.15) is 0 Å². The number of nitrogens with zero attached hydrogens (tertiary/aromatic N) is 1. The Kier molecular flexibility index (Phi) is 5.20. The van der Waals surface area contributed by atoms with Crippen LogP contribution < -0.4 is 5.32 Å². The van der Waals surface area contributed by atoms with E-state index in [0.717, 1.165) is 12.2 Å². The lowest BCUT2D eigenvalue weighted by Gasteiger charge is -2.30. The highest BCUT2D eigenvalue weighted by Gasteiger charge is 2.24. The number of hydrogen-bond donors (Lipinski definition) is 1. The normalized spacial score (nSPS) is 23.1. The highest BCUT2D eigenvalue weighted by Crippen LogP contribution is 2.30. The fraction of sp³-hybridized carbons (Fsp3) is 0.600. The molecular weight excluding hydrogens is 260 g/mol. The van der Waals surface area contributed by atoms with E-state index in [-0.39, 0.29) is 5.91 Å². The van der Waals surface area contributed by atoms with Crippen LogP contribution in [0.3, 0.4) is 0 Å². The number of alkyl halides is 1. The highest BCUT2D eigenvalue weighted by molar-refractivity contribution is 6.18. The Morgan fingerprint density at radius 2 is 2.16 bits per heavy atom. The molecule has 2 rings (SSSR count). The molecule has 4 heteroatoms. The van der Waals surface area contributed by atoms with Crippen LogP contribution in [0.4, 0.5) is 0 Å². The minimum atomic E-state index is -0.0236. The van der Waals surface area contributed by atoms with Gasteiger partial charge in [-0.3, -0.25) is 9.78 Å². The first kappa shape index (κ1) is 14.3. The zero-order valence-electron chi connectivity index (χ0n) is 11.4. The van der Waals surface area contributed by atoms with Crippen molar-refractivity contribution in [2.75, 3.05) is 12.4 Å². The van der Waals surface area contributed by atoms with Crippen LogP contribution in [0.5, 0.6) is 0 Å². The predicted molar refractivity (Wildman–Crippen MR) is 77.5 cm³/mol. The van der Waals surface area contributed by atoms with Gasteiger partial charge in [0.15, 0.2) is 0 Å². The van der Waals surface area contributed by atoms with E-state index in [4.69, 9.17) is 11.6 Å². The van der Waals surface area contributed by atoms with Crippen molar-refractivity contribution in [2.45, 2.75) is 32.6 Å². The van der Waals surface area contributed by atoms with Gasteiger partial charge in [-0.05, 0) is 43.7 Å². The topological polar surface area (TPSA) is 42.0 Å². The molecule has 0 saturated heterocycles. The van der Waals surface area contributed by atoms with E-state index in [0.29, 0.717) is 23.3 Å². The lowest BCUT2D eigenvalue weighted by molar-refractivity contribution is 0.0935. The third-order valence-corrected chi connectivity index (χ3v) is 4.44. The van der Waals surface area contributed by atoms with Gasteiger partial charge < -0.3 is 5.32 Å². The quantitative estimate of drug-likeness (QED) is 0.861. The number of halogens is 1. The molecule has 0 aliphatic heterocycles. The third-order valence-electron chi connectivity index (χ3n) is 4.04. The van der Waals surface area contributed by atoms with Gasteiger partial charge in [-0.1, -0.05) is 12.8 Å². The largest absolute Gasteiger partial charge is 0.352 e. The molecule has 3 nitrogen and oxygen atoms in total. The van der Waals surface area contributed by atoms with Gasteiger partial charge in [0.05, 0.1) is 5.56 Å². The van der Waals surface area contributed by atoms with Crippen molar-refractivity contribution in [3.05, 3.63) is 29.6 Å². The maximum absolute atomic E-state index is 12.1. The van der Waals surface area contributed by atoms with Crippen LogP contribution in [0.15, 0.2) is 18.3 Å². The number of aryl methyl sites for hydroxylation is 1. The highest BCUT2D eigenvalue weighted by atomic mass is 35.5.